The molecule has 2 atom stereocenters. The monoisotopic (exact) mass is 289 g/mol. The maximum absolute atomic E-state index is 10.9. The molecule has 0 heterocycles. The van der Waals surface area contributed by atoms with Crippen LogP contribution in [0.3, 0.4) is 0 Å². The van der Waals surface area contributed by atoms with Crippen LogP contribution in [-0.4, -0.2) is 41.4 Å². The Morgan fingerprint density at radius 3 is 2.65 bits per heavy atom. The molecule has 112 valence electrons. The van der Waals surface area contributed by atoms with Crippen LogP contribution in [0.4, 0.5) is 0 Å². The molecule has 20 heavy (non-hydrogen) atoms. The Morgan fingerprint density at radius 2 is 2.10 bits per heavy atom. The lowest BCUT2D eigenvalue weighted by molar-refractivity contribution is -0.126. The molecule has 0 aromatic heterocycles. The summed E-state index contributed by atoms with van der Waals surface area (Å²) in [5.74, 6) is -0.634. The number of benzene rings is 1. The van der Waals surface area contributed by atoms with Gasteiger partial charge < -0.3 is 26.0 Å². The highest BCUT2D eigenvalue weighted by Gasteiger charge is 2.13. The van der Waals surface area contributed by atoms with Crippen molar-refractivity contribution in [2.45, 2.75) is 31.9 Å². The summed E-state index contributed by atoms with van der Waals surface area (Å²) in [6, 6.07) is 2.69. The number of rotatable bonds is 8. The molecule has 0 bridgehead atoms. The van der Waals surface area contributed by atoms with Crippen molar-refractivity contribution in [2.75, 3.05) is 13.2 Å². The van der Waals surface area contributed by atoms with Crippen LogP contribution in [0.15, 0.2) is 24.3 Å². The van der Waals surface area contributed by atoms with Gasteiger partial charge in [0.1, 0.15) is 18.5 Å². The van der Waals surface area contributed by atoms with Gasteiger partial charge in [-0.3, -0.25) is 4.79 Å². The highest BCUT2D eigenvalue weighted by molar-refractivity contribution is 5.80. The molecule has 1 aromatic rings. The second-order valence-electron chi connectivity index (χ2n) is 4.09. The number of amides is 1. The first kappa shape index (κ1) is 8.61. The number of primary amides is 1. The first-order valence-corrected chi connectivity index (χ1v) is 5.82. The third kappa shape index (κ3) is 5.56. The molecule has 0 radical (unpaired) electrons. The Morgan fingerprint density at radius 1 is 1.45 bits per heavy atom. The van der Waals surface area contributed by atoms with Gasteiger partial charge in [-0.25, -0.2) is 0 Å². The fraction of sp³-hybridized carbons (Fsp3) is 0.500. The van der Waals surface area contributed by atoms with Gasteiger partial charge in [0.25, 0.3) is 5.91 Å². The molecule has 6 nitrogen and oxygen atoms in total. The number of nitrogens with two attached hydrogens (primary N) is 1. The van der Waals surface area contributed by atoms with E-state index >= 15 is 0 Å². The Balaban J connectivity index is 2.63. The first-order valence-electron chi connectivity index (χ1n) is 9.32. The van der Waals surface area contributed by atoms with Gasteiger partial charge in [0.2, 0.25) is 0 Å². The lowest BCUT2D eigenvalue weighted by Gasteiger charge is -2.15. The number of ether oxygens (including phenoxy) is 1. The van der Waals surface area contributed by atoms with E-state index in [-0.39, 0.29) is 17.9 Å². The standard InChI is InChI=1S/C14H22N2O4/c1-9(2)16-7-11(17)8-20-12-5-3-10(4-6-12)13(18)14(15)19/h3-6,9,11,13,16-18H,7-8H2,1-2H3,(H2,15,19)/i1D3,2D3,9D. The SMILES string of the molecule is [2H]C([2H])([2H])C([2H])(NCC(O)COc1ccc(C(O)C(N)=O)cc1)C([2H])([2H])[2H]. The molecule has 0 saturated heterocycles. The molecule has 0 aliphatic carbocycles. The van der Waals surface area contributed by atoms with Crippen molar-refractivity contribution >= 4 is 5.91 Å². The summed E-state index contributed by atoms with van der Waals surface area (Å²) >= 11 is 0. The smallest absolute Gasteiger partial charge is 0.250 e. The molecular formula is C14H22N2O4. The number of nitrogens with one attached hydrogen (secondary N) is 1. The highest BCUT2D eigenvalue weighted by atomic mass is 16.5. The number of aliphatic hydroxyl groups excluding tert-OH is 2. The zero-order valence-corrected chi connectivity index (χ0v) is 10.7. The topological polar surface area (TPSA) is 105 Å². The van der Waals surface area contributed by atoms with Crippen LogP contribution in [0.2, 0.25) is 0 Å². The Bertz CT molecular complexity index is 620. The summed E-state index contributed by atoms with van der Waals surface area (Å²) in [5.41, 5.74) is 5.23. The first-order chi connectivity index (χ1) is 12.2. The predicted molar refractivity (Wildman–Crippen MR) is 75.2 cm³/mol. The summed E-state index contributed by atoms with van der Waals surface area (Å²) in [4.78, 5) is 10.9. The Hall–Kier alpha value is -1.63. The third-order valence-electron chi connectivity index (χ3n) is 2.42. The molecule has 6 heteroatoms. The van der Waals surface area contributed by atoms with E-state index in [1.807, 2.05) is 0 Å². The average molecular weight is 289 g/mol. The van der Waals surface area contributed by atoms with Gasteiger partial charge in [0, 0.05) is 22.2 Å². The molecule has 0 aliphatic heterocycles. The van der Waals surface area contributed by atoms with Gasteiger partial charge in [-0.05, 0) is 17.7 Å². The van der Waals surface area contributed by atoms with Crippen molar-refractivity contribution in [1.82, 2.24) is 5.32 Å². The summed E-state index contributed by atoms with van der Waals surface area (Å²) in [5, 5.41) is 21.5. The van der Waals surface area contributed by atoms with Crippen LogP contribution in [0.1, 0.15) is 35.0 Å². The predicted octanol–water partition coefficient (Wildman–Crippen LogP) is -0.0570. The van der Waals surface area contributed by atoms with Crippen LogP contribution in [0, 0.1) is 0 Å². The van der Waals surface area contributed by atoms with Crippen LogP contribution >= 0.6 is 0 Å². The van der Waals surface area contributed by atoms with E-state index in [4.69, 9.17) is 20.1 Å². The number of carbonyl (C=O) groups is 1. The van der Waals surface area contributed by atoms with Crippen molar-refractivity contribution in [1.29, 1.82) is 0 Å². The molecule has 0 spiro atoms. The van der Waals surface area contributed by atoms with Crippen molar-refractivity contribution in [3.8, 4) is 5.75 Å². The Labute approximate surface area is 128 Å². The quantitative estimate of drug-likeness (QED) is 0.537. The lowest BCUT2D eigenvalue weighted by Crippen LogP contribution is -2.35. The van der Waals surface area contributed by atoms with Gasteiger partial charge in [-0.2, -0.15) is 0 Å². The molecule has 0 aliphatic rings. The largest absolute Gasteiger partial charge is 0.491 e. The fourth-order valence-corrected chi connectivity index (χ4v) is 1.38. The average Bonchev–Trinajstić information content (AvgIpc) is 2.55. The Kier molecular flexibility index (Phi) is 3.37. The second kappa shape index (κ2) is 7.84. The van der Waals surface area contributed by atoms with Crippen molar-refractivity contribution < 1.29 is 29.3 Å². The van der Waals surface area contributed by atoms with Gasteiger partial charge in [0.05, 0.1) is 0 Å². The number of aliphatic hydroxyl groups is 2. The van der Waals surface area contributed by atoms with Gasteiger partial charge >= 0.3 is 0 Å². The molecule has 0 fully saturated rings. The van der Waals surface area contributed by atoms with Gasteiger partial charge in [-0.15, -0.1) is 0 Å². The van der Waals surface area contributed by atoms with Crippen molar-refractivity contribution in [3.05, 3.63) is 29.8 Å². The van der Waals surface area contributed by atoms with E-state index in [9.17, 15) is 15.0 Å². The maximum Gasteiger partial charge on any atom is 0.250 e. The minimum absolute atomic E-state index is 0.256. The molecule has 1 rings (SSSR count). The van der Waals surface area contributed by atoms with E-state index in [0.29, 0.717) is 0 Å². The van der Waals surface area contributed by atoms with Crippen molar-refractivity contribution in [2.24, 2.45) is 5.73 Å². The van der Waals surface area contributed by atoms with Gasteiger partial charge in [-0.1, -0.05) is 25.8 Å². The van der Waals surface area contributed by atoms with Crippen LogP contribution in [-0.2, 0) is 4.79 Å². The van der Waals surface area contributed by atoms with Crippen LogP contribution < -0.4 is 15.8 Å². The highest BCUT2D eigenvalue weighted by Crippen LogP contribution is 2.17. The van der Waals surface area contributed by atoms with E-state index in [0.717, 1.165) is 0 Å². The van der Waals surface area contributed by atoms with Crippen LogP contribution in [0.5, 0.6) is 5.75 Å². The minimum Gasteiger partial charge on any atom is -0.491 e. The molecule has 5 N–H and O–H groups in total. The molecule has 0 saturated carbocycles. The number of carbonyl (C=O) groups excluding carboxylic acids is 1. The second-order valence-corrected chi connectivity index (χ2v) is 4.09. The zero-order chi connectivity index (χ0) is 21.0. The third-order valence-corrected chi connectivity index (χ3v) is 2.42. The zero-order valence-electron chi connectivity index (χ0n) is 17.7. The maximum atomic E-state index is 10.9. The molecule has 1 amide bonds. The number of hydrogen-bond acceptors (Lipinski definition) is 5. The van der Waals surface area contributed by atoms with Crippen LogP contribution in [0.25, 0.3) is 0 Å². The summed E-state index contributed by atoms with van der Waals surface area (Å²) in [6.07, 6.45) is -2.76. The molecule has 1 aromatic carbocycles. The van der Waals surface area contributed by atoms with E-state index < -0.39 is 44.4 Å². The fourth-order valence-electron chi connectivity index (χ4n) is 1.38. The summed E-state index contributed by atoms with van der Waals surface area (Å²) in [6.45, 7) is -7.10. The minimum atomic E-state index is -3.14. The van der Waals surface area contributed by atoms with E-state index in [2.05, 4.69) is 5.32 Å². The number of hydrogen-bond donors (Lipinski definition) is 4. The van der Waals surface area contributed by atoms with E-state index in [1.165, 1.54) is 24.3 Å². The summed E-state index contributed by atoms with van der Waals surface area (Å²) < 4.78 is 56.6. The summed E-state index contributed by atoms with van der Waals surface area (Å²) in [7, 11) is 0. The van der Waals surface area contributed by atoms with E-state index in [1.54, 1.807) is 0 Å². The van der Waals surface area contributed by atoms with Gasteiger partial charge in [0.15, 0.2) is 6.10 Å². The van der Waals surface area contributed by atoms with Crippen molar-refractivity contribution in [3.63, 3.8) is 0 Å². The lowest BCUT2D eigenvalue weighted by atomic mass is 10.1. The molecule has 2 unspecified atom stereocenters. The normalized spacial score (nSPS) is 21.0. The molecular weight excluding hydrogens is 260 g/mol.